The van der Waals surface area contributed by atoms with Crippen molar-refractivity contribution in [3.8, 4) is 0 Å². The van der Waals surface area contributed by atoms with Crippen LogP contribution in [-0.4, -0.2) is 83.7 Å². The maximum absolute atomic E-state index is 13.0. The molecule has 0 aromatic heterocycles. The van der Waals surface area contributed by atoms with E-state index in [0.717, 1.165) is 39.3 Å². The van der Waals surface area contributed by atoms with Crippen LogP contribution in [0.15, 0.2) is 0 Å². The quantitative estimate of drug-likeness (QED) is 0.823. The molecule has 2 heterocycles. The van der Waals surface area contributed by atoms with Gasteiger partial charge in [-0.1, -0.05) is 20.3 Å². The number of rotatable bonds is 5. The lowest BCUT2D eigenvalue weighted by Gasteiger charge is -2.41. The molecule has 5 heteroatoms. The minimum Gasteiger partial charge on any atom is -0.392 e. The number of aliphatic hydroxyl groups excluding tert-OH is 1. The molecule has 0 spiro atoms. The maximum Gasteiger partial charge on any atom is 0.240 e. The van der Waals surface area contributed by atoms with Gasteiger partial charge in [0.2, 0.25) is 5.91 Å². The van der Waals surface area contributed by atoms with Crippen LogP contribution in [-0.2, 0) is 4.79 Å². The number of piperidine rings is 1. The highest BCUT2D eigenvalue weighted by molar-refractivity contribution is 5.82. The van der Waals surface area contributed by atoms with E-state index in [4.69, 9.17) is 0 Å². The van der Waals surface area contributed by atoms with Gasteiger partial charge in [0.25, 0.3) is 0 Å². The minimum atomic E-state index is -0.293. The summed E-state index contributed by atoms with van der Waals surface area (Å²) in [6.07, 6.45) is 3.45. The number of hydrogen-bond donors (Lipinski definition) is 1. The molecule has 0 aromatic rings. The molecule has 0 saturated carbocycles. The third kappa shape index (κ3) is 4.67. The number of likely N-dealkylation sites (tertiary alicyclic amines) is 1. The molecule has 22 heavy (non-hydrogen) atoms. The molecule has 2 aliphatic heterocycles. The molecular formula is C17H33N3O2. The van der Waals surface area contributed by atoms with E-state index in [0.29, 0.717) is 18.4 Å². The molecule has 2 fully saturated rings. The largest absolute Gasteiger partial charge is 0.392 e. The molecule has 128 valence electrons. The van der Waals surface area contributed by atoms with E-state index in [1.165, 1.54) is 19.3 Å². The minimum absolute atomic E-state index is 0.0450. The summed E-state index contributed by atoms with van der Waals surface area (Å²) in [7, 11) is 0. The van der Waals surface area contributed by atoms with Crippen LogP contribution >= 0.6 is 0 Å². The van der Waals surface area contributed by atoms with Crippen LogP contribution in [0.3, 0.4) is 0 Å². The lowest BCUT2D eigenvalue weighted by molar-refractivity contribution is -0.141. The molecule has 0 bridgehead atoms. The van der Waals surface area contributed by atoms with Crippen molar-refractivity contribution in [3.63, 3.8) is 0 Å². The van der Waals surface area contributed by atoms with Gasteiger partial charge in [-0.2, -0.15) is 0 Å². The van der Waals surface area contributed by atoms with E-state index in [9.17, 15) is 9.90 Å². The van der Waals surface area contributed by atoms with Gasteiger partial charge in [-0.15, -0.1) is 0 Å². The van der Waals surface area contributed by atoms with Gasteiger partial charge < -0.3 is 10.0 Å². The Morgan fingerprint density at radius 3 is 2.05 bits per heavy atom. The number of aliphatic hydroxyl groups is 1. The first kappa shape index (κ1) is 17.7. The maximum atomic E-state index is 13.0. The van der Waals surface area contributed by atoms with Crippen LogP contribution < -0.4 is 0 Å². The number of carbonyl (C=O) groups is 1. The van der Waals surface area contributed by atoms with Gasteiger partial charge >= 0.3 is 0 Å². The van der Waals surface area contributed by atoms with Crippen molar-refractivity contribution in [2.75, 3.05) is 45.8 Å². The topological polar surface area (TPSA) is 47.0 Å². The summed E-state index contributed by atoms with van der Waals surface area (Å²) in [4.78, 5) is 19.7. The SMILES string of the molecule is CC(C)[C@H](C(=O)N1CCN(C[C@H](C)O)CC1)N1CCCCC1. The van der Waals surface area contributed by atoms with Gasteiger partial charge in [0.15, 0.2) is 0 Å². The second-order valence-corrected chi connectivity index (χ2v) is 7.26. The normalized spacial score (nSPS) is 24.5. The molecule has 0 aromatic carbocycles. The Balaban J connectivity index is 1.91. The Kier molecular flexibility index (Phi) is 6.66. The van der Waals surface area contributed by atoms with Gasteiger partial charge in [0.1, 0.15) is 0 Å². The molecule has 2 aliphatic rings. The molecule has 2 atom stereocenters. The highest BCUT2D eigenvalue weighted by atomic mass is 16.3. The van der Waals surface area contributed by atoms with Crippen LogP contribution in [0.2, 0.25) is 0 Å². The zero-order chi connectivity index (χ0) is 16.1. The summed E-state index contributed by atoms with van der Waals surface area (Å²) in [5.41, 5.74) is 0. The summed E-state index contributed by atoms with van der Waals surface area (Å²) in [6, 6.07) is 0.0450. The number of piperazine rings is 1. The second kappa shape index (κ2) is 8.27. The van der Waals surface area contributed by atoms with Crippen LogP contribution in [0.4, 0.5) is 0 Å². The second-order valence-electron chi connectivity index (χ2n) is 7.26. The van der Waals surface area contributed by atoms with Crippen molar-refractivity contribution < 1.29 is 9.90 Å². The van der Waals surface area contributed by atoms with E-state index in [1.54, 1.807) is 0 Å². The fraction of sp³-hybridized carbons (Fsp3) is 0.941. The Bertz CT molecular complexity index is 346. The first-order valence-electron chi connectivity index (χ1n) is 8.92. The third-order valence-electron chi connectivity index (χ3n) is 4.87. The van der Waals surface area contributed by atoms with Gasteiger partial charge in [-0.3, -0.25) is 14.6 Å². The first-order chi connectivity index (χ1) is 10.5. The first-order valence-corrected chi connectivity index (χ1v) is 8.92. The number of amides is 1. The number of β-amino-alcohol motifs (C(OH)–C–C–N with tert-alkyl or cyclic N) is 1. The fourth-order valence-corrected chi connectivity index (χ4v) is 3.77. The summed E-state index contributed by atoms with van der Waals surface area (Å²) in [5, 5.41) is 9.48. The van der Waals surface area contributed by atoms with Crippen LogP contribution in [0, 0.1) is 5.92 Å². The third-order valence-corrected chi connectivity index (χ3v) is 4.87. The average Bonchev–Trinajstić information content (AvgIpc) is 2.48. The van der Waals surface area contributed by atoms with E-state index < -0.39 is 0 Å². The van der Waals surface area contributed by atoms with E-state index in [1.807, 2.05) is 11.8 Å². The van der Waals surface area contributed by atoms with E-state index >= 15 is 0 Å². The van der Waals surface area contributed by atoms with Crippen LogP contribution in [0.1, 0.15) is 40.0 Å². The van der Waals surface area contributed by atoms with Crippen molar-refractivity contribution in [3.05, 3.63) is 0 Å². The standard InChI is InChI=1S/C17H33N3O2/c1-14(2)16(19-7-5-4-6-8-19)17(22)20-11-9-18(10-12-20)13-15(3)21/h14-16,21H,4-13H2,1-3H3/t15-,16+/m0/s1. The van der Waals surface area contributed by atoms with Gasteiger partial charge in [0, 0.05) is 32.7 Å². The van der Waals surface area contributed by atoms with Gasteiger partial charge in [-0.05, 0) is 38.8 Å². The van der Waals surface area contributed by atoms with Crippen LogP contribution in [0.5, 0.6) is 0 Å². The van der Waals surface area contributed by atoms with Crippen LogP contribution in [0.25, 0.3) is 0 Å². The van der Waals surface area contributed by atoms with E-state index in [-0.39, 0.29) is 12.1 Å². The van der Waals surface area contributed by atoms with E-state index in [2.05, 4.69) is 23.6 Å². The van der Waals surface area contributed by atoms with Crippen molar-refractivity contribution >= 4 is 5.91 Å². The number of hydrogen-bond acceptors (Lipinski definition) is 4. The Morgan fingerprint density at radius 1 is 0.955 bits per heavy atom. The molecule has 1 N–H and O–H groups in total. The smallest absolute Gasteiger partial charge is 0.240 e. The Morgan fingerprint density at radius 2 is 1.55 bits per heavy atom. The number of carbonyl (C=O) groups excluding carboxylic acids is 1. The fourth-order valence-electron chi connectivity index (χ4n) is 3.77. The summed E-state index contributed by atoms with van der Waals surface area (Å²) < 4.78 is 0. The Labute approximate surface area is 135 Å². The average molecular weight is 311 g/mol. The monoisotopic (exact) mass is 311 g/mol. The Hall–Kier alpha value is -0.650. The molecule has 1 amide bonds. The van der Waals surface area contributed by atoms with Crippen molar-refractivity contribution in [2.24, 2.45) is 5.92 Å². The molecule has 0 aliphatic carbocycles. The highest BCUT2D eigenvalue weighted by Gasteiger charge is 2.34. The van der Waals surface area contributed by atoms with Crippen molar-refractivity contribution in [2.45, 2.75) is 52.2 Å². The van der Waals surface area contributed by atoms with Crippen molar-refractivity contribution in [1.29, 1.82) is 0 Å². The predicted octanol–water partition coefficient (Wildman–Crippen LogP) is 1.02. The van der Waals surface area contributed by atoms with Crippen molar-refractivity contribution in [1.82, 2.24) is 14.7 Å². The summed E-state index contributed by atoms with van der Waals surface area (Å²) in [5.74, 6) is 0.676. The molecule has 0 unspecified atom stereocenters. The lowest BCUT2D eigenvalue weighted by Crippen LogP contribution is -2.57. The summed E-state index contributed by atoms with van der Waals surface area (Å²) >= 11 is 0. The lowest BCUT2D eigenvalue weighted by atomic mass is 9.97. The van der Waals surface area contributed by atoms with Gasteiger partial charge in [-0.25, -0.2) is 0 Å². The highest BCUT2D eigenvalue weighted by Crippen LogP contribution is 2.20. The summed E-state index contributed by atoms with van der Waals surface area (Å²) in [6.45, 7) is 12.3. The number of nitrogens with zero attached hydrogens (tertiary/aromatic N) is 3. The zero-order valence-electron chi connectivity index (χ0n) is 14.5. The molecule has 0 radical (unpaired) electrons. The zero-order valence-corrected chi connectivity index (χ0v) is 14.5. The molecule has 2 saturated heterocycles. The molecule has 2 rings (SSSR count). The molecule has 5 nitrogen and oxygen atoms in total. The van der Waals surface area contributed by atoms with Gasteiger partial charge in [0.05, 0.1) is 12.1 Å². The molecular weight excluding hydrogens is 278 g/mol. The predicted molar refractivity (Wildman–Crippen MR) is 88.8 cm³/mol.